The zero-order chi connectivity index (χ0) is 13.2. The first-order valence-corrected chi connectivity index (χ1v) is 6.44. The highest BCUT2D eigenvalue weighted by Crippen LogP contribution is 2.10. The summed E-state index contributed by atoms with van der Waals surface area (Å²) >= 11 is 0. The Morgan fingerprint density at radius 2 is 1.67 bits per heavy atom. The summed E-state index contributed by atoms with van der Waals surface area (Å²) in [7, 11) is 0. The molecule has 0 heterocycles. The molecule has 0 fully saturated rings. The number of likely N-dealkylation sites (N-methyl/N-ethyl adjacent to an activating group) is 1. The summed E-state index contributed by atoms with van der Waals surface area (Å²) < 4.78 is 23.5. The maximum Gasteiger partial charge on any atom is 0.123 e. The van der Waals surface area contributed by atoms with Crippen LogP contribution in [0.15, 0.2) is 24.3 Å². The van der Waals surface area contributed by atoms with Crippen LogP contribution in [0, 0.1) is 5.82 Å². The third-order valence-corrected chi connectivity index (χ3v) is 2.76. The number of halogens is 1. The van der Waals surface area contributed by atoms with Gasteiger partial charge < -0.3 is 14.4 Å². The summed E-state index contributed by atoms with van der Waals surface area (Å²) in [6.07, 6.45) is 0. The van der Waals surface area contributed by atoms with E-state index < -0.39 is 0 Å². The van der Waals surface area contributed by atoms with Crippen LogP contribution in [-0.2, 0) is 4.74 Å². The SMILES string of the molecule is CCN(CC)CCOCCOc1ccc(F)cc1. The fraction of sp³-hybridized carbons (Fsp3) is 0.571. The molecule has 0 aliphatic heterocycles. The number of hydrogen-bond donors (Lipinski definition) is 0. The van der Waals surface area contributed by atoms with Crippen LogP contribution in [0.2, 0.25) is 0 Å². The molecule has 0 radical (unpaired) electrons. The van der Waals surface area contributed by atoms with Gasteiger partial charge in [0.1, 0.15) is 18.2 Å². The Balaban J connectivity index is 2.03. The molecule has 0 aliphatic rings. The van der Waals surface area contributed by atoms with Crippen molar-refractivity contribution < 1.29 is 13.9 Å². The average molecular weight is 255 g/mol. The maximum absolute atomic E-state index is 12.6. The Bertz CT molecular complexity index is 312. The van der Waals surface area contributed by atoms with E-state index in [1.807, 2.05) is 0 Å². The van der Waals surface area contributed by atoms with Crippen molar-refractivity contribution in [3.05, 3.63) is 30.1 Å². The number of nitrogens with zero attached hydrogens (tertiary/aromatic N) is 1. The lowest BCUT2D eigenvalue weighted by Gasteiger charge is -2.17. The average Bonchev–Trinajstić information content (AvgIpc) is 2.40. The minimum atomic E-state index is -0.252. The Hall–Kier alpha value is -1.13. The van der Waals surface area contributed by atoms with E-state index in [-0.39, 0.29) is 5.82 Å². The van der Waals surface area contributed by atoms with E-state index in [1.165, 1.54) is 12.1 Å². The molecule has 0 bridgehead atoms. The van der Waals surface area contributed by atoms with E-state index in [0.29, 0.717) is 25.6 Å². The fourth-order valence-electron chi connectivity index (χ4n) is 1.58. The van der Waals surface area contributed by atoms with Gasteiger partial charge in [0.05, 0.1) is 13.2 Å². The van der Waals surface area contributed by atoms with Gasteiger partial charge in [0.25, 0.3) is 0 Å². The van der Waals surface area contributed by atoms with Crippen molar-refractivity contribution in [3.8, 4) is 5.75 Å². The first-order chi connectivity index (χ1) is 8.76. The van der Waals surface area contributed by atoms with Gasteiger partial charge in [0, 0.05) is 6.54 Å². The molecular formula is C14H22FNO2. The van der Waals surface area contributed by atoms with Gasteiger partial charge in [0.15, 0.2) is 0 Å². The standard InChI is InChI=1S/C14H22FNO2/c1-3-16(4-2)9-10-17-11-12-18-14-7-5-13(15)6-8-14/h5-8H,3-4,9-12H2,1-2H3. The fourth-order valence-corrected chi connectivity index (χ4v) is 1.58. The predicted molar refractivity (Wildman–Crippen MR) is 70.5 cm³/mol. The van der Waals surface area contributed by atoms with Crippen LogP contribution in [-0.4, -0.2) is 44.4 Å². The molecule has 0 spiro atoms. The largest absolute Gasteiger partial charge is 0.491 e. The van der Waals surface area contributed by atoms with Gasteiger partial charge in [-0.3, -0.25) is 0 Å². The molecule has 3 nitrogen and oxygen atoms in total. The molecule has 0 atom stereocenters. The van der Waals surface area contributed by atoms with Crippen LogP contribution < -0.4 is 4.74 Å². The van der Waals surface area contributed by atoms with Crippen LogP contribution in [0.1, 0.15) is 13.8 Å². The van der Waals surface area contributed by atoms with Crippen molar-refractivity contribution in [2.45, 2.75) is 13.8 Å². The Labute approximate surface area is 109 Å². The normalized spacial score (nSPS) is 10.9. The van der Waals surface area contributed by atoms with Crippen molar-refractivity contribution in [1.29, 1.82) is 0 Å². The smallest absolute Gasteiger partial charge is 0.123 e. The predicted octanol–water partition coefficient (Wildman–Crippen LogP) is 2.56. The van der Waals surface area contributed by atoms with Crippen molar-refractivity contribution in [1.82, 2.24) is 4.90 Å². The molecule has 0 saturated carbocycles. The molecule has 1 aromatic carbocycles. The van der Waals surface area contributed by atoms with Crippen molar-refractivity contribution >= 4 is 0 Å². The molecule has 102 valence electrons. The van der Waals surface area contributed by atoms with E-state index in [1.54, 1.807) is 12.1 Å². The van der Waals surface area contributed by atoms with Crippen LogP contribution >= 0.6 is 0 Å². The van der Waals surface area contributed by atoms with Gasteiger partial charge >= 0.3 is 0 Å². The molecule has 0 amide bonds. The van der Waals surface area contributed by atoms with Gasteiger partial charge in [-0.1, -0.05) is 13.8 Å². The van der Waals surface area contributed by atoms with E-state index >= 15 is 0 Å². The monoisotopic (exact) mass is 255 g/mol. The second kappa shape index (κ2) is 8.89. The van der Waals surface area contributed by atoms with Crippen LogP contribution in [0.4, 0.5) is 4.39 Å². The van der Waals surface area contributed by atoms with Crippen molar-refractivity contribution in [3.63, 3.8) is 0 Å². The Morgan fingerprint density at radius 3 is 2.28 bits per heavy atom. The lowest BCUT2D eigenvalue weighted by atomic mass is 10.3. The minimum Gasteiger partial charge on any atom is -0.491 e. The molecule has 0 aromatic heterocycles. The zero-order valence-corrected chi connectivity index (χ0v) is 11.2. The first kappa shape index (κ1) is 14.9. The third-order valence-electron chi connectivity index (χ3n) is 2.76. The summed E-state index contributed by atoms with van der Waals surface area (Å²) in [4.78, 5) is 2.31. The summed E-state index contributed by atoms with van der Waals surface area (Å²) in [6, 6.07) is 6.00. The van der Waals surface area contributed by atoms with Gasteiger partial charge in [-0.2, -0.15) is 0 Å². The molecule has 0 unspecified atom stereocenters. The van der Waals surface area contributed by atoms with Crippen molar-refractivity contribution in [2.75, 3.05) is 39.5 Å². The first-order valence-electron chi connectivity index (χ1n) is 6.44. The maximum atomic E-state index is 12.6. The molecule has 1 aromatic rings. The summed E-state index contributed by atoms with van der Waals surface area (Å²) in [5.41, 5.74) is 0. The van der Waals surface area contributed by atoms with Gasteiger partial charge in [0.2, 0.25) is 0 Å². The quantitative estimate of drug-likeness (QED) is 0.633. The van der Waals surface area contributed by atoms with Gasteiger partial charge in [-0.25, -0.2) is 4.39 Å². The molecule has 18 heavy (non-hydrogen) atoms. The zero-order valence-electron chi connectivity index (χ0n) is 11.2. The second-order valence-electron chi connectivity index (χ2n) is 3.94. The highest BCUT2D eigenvalue weighted by molar-refractivity contribution is 5.21. The van der Waals surface area contributed by atoms with Gasteiger partial charge in [-0.15, -0.1) is 0 Å². The highest BCUT2D eigenvalue weighted by atomic mass is 19.1. The summed E-state index contributed by atoms with van der Waals surface area (Å²) in [5, 5.41) is 0. The number of benzene rings is 1. The van der Waals surface area contributed by atoms with Crippen LogP contribution in [0.5, 0.6) is 5.75 Å². The Morgan fingerprint density at radius 1 is 1.00 bits per heavy atom. The number of hydrogen-bond acceptors (Lipinski definition) is 3. The molecule has 0 aliphatic carbocycles. The van der Waals surface area contributed by atoms with E-state index in [9.17, 15) is 4.39 Å². The second-order valence-corrected chi connectivity index (χ2v) is 3.94. The molecule has 0 N–H and O–H groups in total. The van der Waals surface area contributed by atoms with Crippen LogP contribution in [0.25, 0.3) is 0 Å². The summed E-state index contributed by atoms with van der Waals surface area (Å²) in [5.74, 6) is 0.418. The van der Waals surface area contributed by atoms with E-state index in [2.05, 4.69) is 18.7 Å². The van der Waals surface area contributed by atoms with E-state index in [4.69, 9.17) is 9.47 Å². The topological polar surface area (TPSA) is 21.7 Å². The lowest BCUT2D eigenvalue weighted by Crippen LogP contribution is -2.27. The summed E-state index contributed by atoms with van der Waals surface area (Å²) in [6.45, 7) is 9.08. The van der Waals surface area contributed by atoms with E-state index in [0.717, 1.165) is 19.6 Å². The lowest BCUT2D eigenvalue weighted by molar-refractivity contribution is 0.0819. The highest BCUT2D eigenvalue weighted by Gasteiger charge is 1.98. The molecule has 4 heteroatoms. The number of rotatable bonds is 9. The van der Waals surface area contributed by atoms with Crippen molar-refractivity contribution in [2.24, 2.45) is 0 Å². The third kappa shape index (κ3) is 5.98. The minimum absolute atomic E-state index is 0.252. The molecular weight excluding hydrogens is 233 g/mol. The number of ether oxygens (including phenoxy) is 2. The molecule has 1 rings (SSSR count). The molecule has 0 saturated heterocycles. The van der Waals surface area contributed by atoms with Gasteiger partial charge in [-0.05, 0) is 37.4 Å². The Kier molecular flexibility index (Phi) is 7.37. The van der Waals surface area contributed by atoms with Crippen LogP contribution in [0.3, 0.4) is 0 Å².